The zero-order valence-corrected chi connectivity index (χ0v) is 8.97. The summed E-state index contributed by atoms with van der Waals surface area (Å²) in [7, 11) is 0. The molecule has 0 heterocycles. The van der Waals surface area contributed by atoms with Crippen LogP contribution in [0.25, 0.3) is 0 Å². The maximum Gasteiger partial charge on any atom is 0.220 e. The Balaban J connectivity index is 3.64. The highest BCUT2D eigenvalue weighted by Crippen LogP contribution is 2.01. The second-order valence-electron chi connectivity index (χ2n) is 3.67. The Hall–Kier alpha value is -0.570. The van der Waals surface area contributed by atoms with Gasteiger partial charge in [-0.25, -0.2) is 0 Å². The molecule has 0 saturated heterocycles. The fourth-order valence-electron chi connectivity index (χ4n) is 1.01. The Morgan fingerprint density at radius 1 is 1.46 bits per heavy atom. The molecule has 0 aliphatic rings. The van der Waals surface area contributed by atoms with Gasteiger partial charge in [0.1, 0.15) is 0 Å². The number of rotatable bonds is 6. The van der Waals surface area contributed by atoms with Gasteiger partial charge in [0, 0.05) is 12.5 Å². The molecule has 0 aromatic heterocycles. The fraction of sp³-hybridized carbons (Fsp3) is 0.900. The van der Waals surface area contributed by atoms with E-state index in [0.29, 0.717) is 18.9 Å². The monoisotopic (exact) mass is 186 g/mol. The largest absolute Gasteiger partial charge is 0.353 e. The van der Waals surface area contributed by atoms with Crippen LogP contribution in [0.2, 0.25) is 0 Å². The van der Waals surface area contributed by atoms with Gasteiger partial charge in [0.15, 0.2) is 0 Å². The quantitative estimate of drug-likeness (QED) is 0.656. The van der Waals surface area contributed by atoms with E-state index in [1.54, 1.807) is 0 Å². The first-order valence-electron chi connectivity index (χ1n) is 5.11. The van der Waals surface area contributed by atoms with Crippen LogP contribution in [0.5, 0.6) is 0 Å². The van der Waals surface area contributed by atoms with Crippen molar-refractivity contribution in [2.45, 2.75) is 46.1 Å². The predicted molar refractivity (Wildman–Crippen MR) is 55.3 cm³/mol. The van der Waals surface area contributed by atoms with Gasteiger partial charge in [-0.15, -0.1) is 0 Å². The number of unbranched alkanes of at least 4 members (excludes halogenated alkanes) is 1. The summed E-state index contributed by atoms with van der Waals surface area (Å²) in [6.45, 7) is 6.75. The van der Waals surface area contributed by atoms with Crippen LogP contribution in [-0.4, -0.2) is 18.5 Å². The Bertz CT molecular complexity index is 148. The molecule has 0 radical (unpaired) electrons. The fourth-order valence-corrected chi connectivity index (χ4v) is 1.01. The number of hydrogen-bond acceptors (Lipinski definition) is 2. The second-order valence-corrected chi connectivity index (χ2v) is 3.67. The average Bonchev–Trinajstić information content (AvgIpc) is 2.13. The SMILES string of the molecule is CCCCC(=O)NC(C)C(C)CN. The van der Waals surface area contributed by atoms with Crippen molar-refractivity contribution in [3.8, 4) is 0 Å². The molecule has 2 atom stereocenters. The van der Waals surface area contributed by atoms with Crippen molar-refractivity contribution >= 4 is 5.91 Å². The lowest BCUT2D eigenvalue weighted by molar-refractivity contribution is -0.122. The van der Waals surface area contributed by atoms with Crippen molar-refractivity contribution in [2.24, 2.45) is 11.7 Å². The van der Waals surface area contributed by atoms with E-state index in [-0.39, 0.29) is 11.9 Å². The summed E-state index contributed by atoms with van der Waals surface area (Å²) in [5, 5.41) is 2.95. The normalized spacial score (nSPS) is 15.1. The summed E-state index contributed by atoms with van der Waals surface area (Å²) in [5.74, 6) is 0.500. The smallest absolute Gasteiger partial charge is 0.220 e. The van der Waals surface area contributed by atoms with Crippen molar-refractivity contribution < 1.29 is 4.79 Å². The van der Waals surface area contributed by atoms with Crippen LogP contribution in [0, 0.1) is 5.92 Å². The molecule has 78 valence electrons. The Morgan fingerprint density at radius 2 is 2.08 bits per heavy atom. The van der Waals surface area contributed by atoms with Gasteiger partial charge in [-0.1, -0.05) is 20.3 Å². The Labute approximate surface area is 81.1 Å². The van der Waals surface area contributed by atoms with Crippen molar-refractivity contribution in [3.63, 3.8) is 0 Å². The summed E-state index contributed by atoms with van der Waals surface area (Å²) in [4.78, 5) is 11.3. The minimum atomic E-state index is 0.148. The van der Waals surface area contributed by atoms with Crippen molar-refractivity contribution in [1.82, 2.24) is 5.32 Å². The molecule has 0 aliphatic carbocycles. The molecule has 3 N–H and O–H groups in total. The molecular formula is C10H22N2O. The summed E-state index contributed by atoms with van der Waals surface area (Å²) in [6.07, 6.45) is 2.67. The van der Waals surface area contributed by atoms with Crippen molar-refractivity contribution in [3.05, 3.63) is 0 Å². The standard InChI is InChI=1S/C10H22N2O/c1-4-5-6-10(13)12-9(3)8(2)7-11/h8-9H,4-7,11H2,1-3H3,(H,12,13). The van der Waals surface area contributed by atoms with Crippen LogP contribution in [0.3, 0.4) is 0 Å². The van der Waals surface area contributed by atoms with Crippen molar-refractivity contribution in [2.75, 3.05) is 6.54 Å². The van der Waals surface area contributed by atoms with E-state index < -0.39 is 0 Å². The maximum atomic E-state index is 11.3. The van der Waals surface area contributed by atoms with Crippen LogP contribution < -0.4 is 11.1 Å². The number of hydrogen-bond donors (Lipinski definition) is 2. The van der Waals surface area contributed by atoms with Crippen LogP contribution in [0.15, 0.2) is 0 Å². The van der Waals surface area contributed by atoms with Gasteiger partial charge in [0.2, 0.25) is 5.91 Å². The molecule has 1 amide bonds. The maximum absolute atomic E-state index is 11.3. The van der Waals surface area contributed by atoms with E-state index in [4.69, 9.17) is 5.73 Å². The molecule has 0 rings (SSSR count). The van der Waals surface area contributed by atoms with Crippen LogP contribution in [0.1, 0.15) is 40.0 Å². The minimum absolute atomic E-state index is 0.148. The first-order valence-corrected chi connectivity index (χ1v) is 5.11. The van der Waals surface area contributed by atoms with Crippen LogP contribution >= 0.6 is 0 Å². The van der Waals surface area contributed by atoms with Gasteiger partial charge in [0.25, 0.3) is 0 Å². The van der Waals surface area contributed by atoms with Gasteiger partial charge in [0.05, 0.1) is 0 Å². The van der Waals surface area contributed by atoms with E-state index in [1.165, 1.54) is 0 Å². The first-order chi connectivity index (χ1) is 6.11. The molecule has 13 heavy (non-hydrogen) atoms. The van der Waals surface area contributed by atoms with Gasteiger partial charge < -0.3 is 11.1 Å². The molecule has 3 nitrogen and oxygen atoms in total. The zero-order chi connectivity index (χ0) is 10.3. The lowest BCUT2D eigenvalue weighted by atomic mass is 10.0. The van der Waals surface area contributed by atoms with E-state index >= 15 is 0 Å². The van der Waals surface area contributed by atoms with Gasteiger partial charge in [-0.2, -0.15) is 0 Å². The molecule has 0 fully saturated rings. The van der Waals surface area contributed by atoms with E-state index in [1.807, 2.05) is 13.8 Å². The number of nitrogens with one attached hydrogen (secondary N) is 1. The molecule has 2 unspecified atom stereocenters. The van der Waals surface area contributed by atoms with Gasteiger partial charge in [-0.05, 0) is 25.8 Å². The molecule has 0 saturated carbocycles. The molecule has 0 aromatic rings. The molecule has 0 bridgehead atoms. The van der Waals surface area contributed by atoms with Gasteiger partial charge >= 0.3 is 0 Å². The van der Waals surface area contributed by atoms with Gasteiger partial charge in [-0.3, -0.25) is 4.79 Å². The molecule has 3 heteroatoms. The highest BCUT2D eigenvalue weighted by Gasteiger charge is 2.12. The highest BCUT2D eigenvalue weighted by atomic mass is 16.1. The predicted octanol–water partition coefficient (Wildman–Crippen LogP) is 1.28. The molecular weight excluding hydrogens is 164 g/mol. The van der Waals surface area contributed by atoms with Crippen molar-refractivity contribution in [1.29, 1.82) is 0 Å². The Kier molecular flexibility index (Phi) is 6.59. The van der Waals surface area contributed by atoms with Crippen LogP contribution in [-0.2, 0) is 4.79 Å². The third-order valence-corrected chi connectivity index (χ3v) is 2.37. The third kappa shape index (κ3) is 5.64. The number of amides is 1. The van der Waals surface area contributed by atoms with E-state index in [2.05, 4.69) is 12.2 Å². The summed E-state index contributed by atoms with van der Waals surface area (Å²) in [5.41, 5.74) is 5.50. The lowest BCUT2D eigenvalue weighted by Crippen LogP contribution is -2.39. The summed E-state index contributed by atoms with van der Waals surface area (Å²) in [6, 6.07) is 0.189. The number of carbonyl (C=O) groups is 1. The number of nitrogens with two attached hydrogens (primary N) is 1. The molecule has 0 aromatic carbocycles. The molecule has 0 aliphatic heterocycles. The zero-order valence-electron chi connectivity index (χ0n) is 8.97. The number of carbonyl (C=O) groups excluding carboxylic acids is 1. The summed E-state index contributed by atoms with van der Waals surface area (Å²) >= 11 is 0. The summed E-state index contributed by atoms with van der Waals surface area (Å²) < 4.78 is 0. The average molecular weight is 186 g/mol. The first kappa shape index (κ1) is 12.4. The van der Waals surface area contributed by atoms with E-state index in [0.717, 1.165) is 12.8 Å². The second kappa shape index (κ2) is 6.89. The Morgan fingerprint density at radius 3 is 2.54 bits per heavy atom. The van der Waals surface area contributed by atoms with Crippen LogP contribution in [0.4, 0.5) is 0 Å². The van der Waals surface area contributed by atoms with E-state index in [9.17, 15) is 4.79 Å². The topological polar surface area (TPSA) is 55.1 Å². The minimum Gasteiger partial charge on any atom is -0.353 e. The third-order valence-electron chi connectivity index (χ3n) is 2.37. The highest BCUT2D eigenvalue weighted by molar-refractivity contribution is 5.76. The molecule has 0 spiro atoms. The lowest BCUT2D eigenvalue weighted by Gasteiger charge is -2.19.